The van der Waals surface area contributed by atoms with E-state index in [0.29, 0.717) is 17.9 Å². The first-order valence-electron chi connectivity index (χ1n) is 8.07. The van der Waals surface area contributed by atoms with Gasteiger partial charge >= 0.3 is 0 Å². The van der Waals surface area contributed by atoms with E-state index in [1.165, 1.54) is 6.42 Å². The predicted molar refractivity (Wildman–Crippen MR) is 77.5 cm³/mol. The zero-order valence-corrected chi connectivity index (χ0v) is 12.5. The lowest BCUT2D eigenvalue weighted by Gasteiger charge is -2.37. The van der Waals surface area contributed by atoms with E-state index in [1.54, 1.807) is 0 Å². The Hall–Kier alpha value is -0.650. The average molecular weight is 281 g/mol. The van der Waals surface area contributed by atoms with Gasteiger partial charge in [-0.1, -0.05) is 6.92 Å². The molecule has 3 rings (SSSR count). The highest BCUT2D eigenvalue weighted by atomic mass is 16.5. The minimum Gasteiger partial charge on any atom is -0.379 e. The van der Waals surface area contributed by atoms with Crippen molar-refractivity contribution >= 4 is 5.91 Å². The van der Waals surface area contributed by atoms with Crippen molar-refractivity contribution in [2.24, 2.45) is 11.8 Å². The molecule has 0 aliphatic carbocycles. The van der Waals surface area contributed by atoms with Crippen molar-refractivity contribution in [1.29, 1.82) is 0 Å². The number of carbonyl (C=O) groups excluding carboxylic acids is 1. The van der Waals surface area contributed by atoms with Crippen molar-refractivity contribution in [3.05, 3.63) is 0 Å². The van der Waals surface area contributed by atoms with Gasteiger partial charge in [-0.05, 0) is 31.8 Å². The molecule has 3 heterocycles. The summed E-state index contributed by atoms with van der Waals surface area (Å²) in [7, 11) is 0. The largest absolute Gasteiger partial charge is 0.379 e. The van der Waals surface area contributed by atoms with Crippen LogP contribution in [0.2, 0.25) is 0 Å². The number of likely N-dealkylation sites (tertiary alicyclic amines) is 1. The molecule has 3 saturated heterocycles. The van der Waals surface area contributed by atoms with Crippen LogP contribution in [0, 0.1) is 11.8 Å². The second-order valence-electron chi connectivity index (χ2n) is 6.45. The van der Waals surface area contributed by atoms with Crippen LogP contribution in [-0.2, 0) is 9.53 Å². The van der Waals surface area contributed by atoms with E-state index in [0.717, 1.165) is 58.9 Å². The van der Waals surface area contributed by atoms with Crippen molar-refractivity contribution in [3.63, 3.8) is 0 Å². The first kappa shape index (κ1) is 14.3. The Morgan fingerprint density at radius 3 is 2.70 bits per heavy atom. The maximum absolute atomic E-state index is 12.7. The van der Waals surface area contributed by atoms with Crippen LogP contribution in [0.1, 0.15) is 19.8 Å². The molecular weight excluding hydrogens is 254 g/mol. The molecular formula is C15H27N3O2. The van der Waals surface area contributed by atoms with Crippen LogP contribution in [-0.4, -0.2) is 74.2 Å². The molecule has 0 bridgehead atoms. The SMILES string of the molecule is CC(C(=O)N1CCCC1CN1CCOCC1)C1CNC1. The summed E-state index contributed by atoms with van der Waals surface area (Å²) in [6, 6.07) is 0.427. The lowest BCUT2D eigenvalue weighted by molar-refractivity contribution is -0.138. The molecule has 0 radical (unpaired) electrons. The molecule has 114 valence electrons. The van der Waals surface area contributed by atoms with Gasteiger partial charge in [-0.2, -0.15) is 0 Å². The highest BCUT2D eigenvalue weighted by Crippen LogP contribution is 2.25. The summed E-state index contributed by atoms with van der Waals surface area (Å²) < 4.78 is 5.40. The number of nitrogens with zero attached hydrogens (tertiary/aromatic N) is 2. The van der Waals surface area contributed by atoms with Gasteiger partial charge in [0.2, 0.25) is 5.91 Å². The summed E-state index contributed by atoms with van der Waals surface area (Å²) in [5.41, 5.74) is 0. The van der Waals surface area contributed by atoms with Gasteiger partial charge in [-0.15, -0.1) is 0 Å². The van der Waals surface area contributed by atoms with Crippen LogP contribution >= 0.6 is 0 Å². The maximum atomic E-state index is 12.7. The first-order chi connectivity index (χ1) is 9.75. The van der Waals surface area contributed by atoms with Gasteiger partial charge in [-0.3, -0.25) is 9.69 Å². The fourth-order valence-corrected chi connectivity index (χ4v) is 3.53. The van der Waals surface area contributed by atoms with Crippen molar-refractivity contribution in [1.82, 2.24) is 15.1 Å². The van der Waals surface area contributed by atoms with E-state index in [2.05, 4.69) is 22.0 Å². The molecule has 1 N–H and O–H groups in total. The van der Waals surface area contributed by atoms with Crippen LogP contribution in [0.25, 0.3) is 0 Å². The molecule has 0 aromatic heterocycles. The highest BCUT2D eigenvalue weighted by Gasteiger charge is 2.36. The van der Waals surface area contributed by atoms with E-state index in [9.17, 15) is 4.79 Å². The molecule has 1 amide bonds. The van der Waals surface area contributed by atoms with Gasteiger partial charge in [0.25, 0.3) is 0 Å². The minimum atomic E-state index is 0.182. The molecule has 0 aromatic rings. The monoisotopic (exact) mass is 281 g/mol. The Balaban J connectivity index is 1.55. The Bertz CT molecular complexity index is 340. The number of carbonyl (C=O) groups is 1. The third-order valence-corrected chi connectivity index (χ3v) is 5.14. The summed E-state index contributed by atoms with van der Waals surface area (Å²) in [6.07, 6.45) is 2.33. The normalized spacial score (nSPS) is 30.2. The maximum Gasteiger partial charge on any atom is 0.226 e. The van der Waals surface area contributed by atoms with Crippen molar-refractivity contribution in [2.75, 3.05) is 52.5 Å². The van der Waals surface area contributed by atoms with Gasteiger partial charge in [0.05, 0.1) is 13.2 Å². The lowest BCUT2D eigenvalue weighted by atomic mass is 9.88. The predicted octanol–water partition coefficient (Wildman–Crippen LogP) is 0.165. The minimum absolute atomic E-state index is 0.182. The lowest BCUT2D eigenvalue weighted by Crippen LogP contribution is -2.53. The molecule has 5 heteroatoms. The Morgan fingerprint density at radius 2 is 2.05 bits per heavy atom. The van der Waals surface area contributed by atoms with Crippen molar-refractivity contribution in [3.8, 4) is 0 Å². The van der Waals surface area contributed by atoms with Gasteiger partial charge in [0, 0.05) is 38.1 Å². The summed E-state index contributed by atoms with van der Waals surface area (Å²) in [5, 5.41) is 3.27. The van der Waals surface area contributed by atoms with Crippen molar-refractivity contribution < 1.29 is 9.53 Å². The smallest absolute Gasteiger partial charge is 0.226 e. The summed E-state index contributed by atoms with van der Waals surface area (Å²) >= 11 is 0. The molecule has 3 aliphatic heterocycles. The second kappa shape index (κ2) is 6.41. The first-order valence-corrected chi connectivity index (χ1v) is 8.07. The molecule has 3 aliphatic rings. The van der Waals surface area contributed by atoms with Gasteiger partial charge in [0.1, 0.15) is 0 Å². The fraction of sp³-hybridized carbons (Fsp3) is 0.933. The number of morpholine rings is 1. The van der Waals surface area contributed by atoms with E-state index >= 15 is 0 Å². The number of amides is 1. The molecule has 20 heavy (non-hydrogen) atoms. The third-order valence-electron chi connectivity index (χ3n) is 5.14. The van der Waals surface area contributed by atoms with Crippen molar-refractivity contribution in [2.45, 2.75) is 25.8 Å². The Morgan fingerprint density at radius 1 is 1.30 bits per heavy atom. The Labute approximate surface area is 121 Å². The number of hydrogen-bond donors (Lipinski definition) is 1. The molecule has 3 fully saturated rings. The molecule has 2 atom stereocenters. The van der Waals surface area contributed by atoms with E-state index in [-0.39, 0.29) is 5.92 Å². The molecule has 0 aromatic carbocycles. The van der Waals surface area contributed by atoms with Gasteiger partial charge < -0.3 is 15.0 Å². The summed E-state index contributed by atoms with van der Waals surface area (Å²) in [4.78, 5) is 17.3. The van der Waals surface area contributed by atoms with Crippen LogP contribution in [0.15, 0.2) is 0 Å². The van der Waals surface area contributed by atoms with Gasteiger partial charge in [0.15, 0.2) is 0 Å². The number of ether oxygens (including phenoxy) is 1. The molecule has 0 spiro atoms. The fourth-order valence-electron chi connectivity index (χ4n) is 3.53. The summed E-state index contributed by atoms with van der Waals surface area (Å²) in [6.45, 7) is 9.82. The number of nitrogens with one attached hydrogen (secondary N) is 1. The molecule has 5 nitrogen and oxygen atoms in total. The topological polar surface area (TPSA) is 44.8 Å². The van der Waals surface area contributed by atoms with Crippen LogP contribution < -0.4 is 5.32 Å². The Kier molecular flexibility index (Phi) is 4.58. The molecule has 0 saturated carbocycles. The second-order valence-corrected chi connectivity index (χ2v) is 6.45. The summed E-state index contributed by atoms with van der Waals surface area (Å²) in [5.74, 6) is 1.11. The van der Waals surface area contributed by atoms with Crippen LogP contribution in [0.5, 0.6) is 0 Å². The van der Waals surface area contributed by atoms with Gasteiger partial charge in [-0.25, -0.2) is 0 Å². The third kappa shape index (κ3) is 3.00. The number of hydrogen-bond acceptors (Lipinski definition) is 4. The zero-order valence-electron chi connectivity index (χ0n) is 12.5. The number of rotatable bonds is 4. The quantitative estimate of drug-likeness (QED) is 0.798. The zero-order chi connectivity index (χ0) is 13.9. The standard InChI is InChI=1S/C15H27N3O2/c1-12(13-9-16-10-13)15(19)18-4-2-3-14(18)11-17-5-7-20-8-6-17/h12-14,16H,2-11H2,1H3. The van der Waals surface area contributed by atoms with E-state index in [1.807, 2.05) is 0 Å². The highest BCUT2D eigenvalue weighted by molar-refractivity contribution is 5.79. The van der Waals surface area contributed by atoms with E-state index < -0.39 is 0 Å². The molecule has 2 unspecified atom stereocenters. The average Bonchev–Trinajstić information content (AvgIpc) is 2.85. The van der Waals surface area contributed by atoms with Crippen LogP contribution in [0.4, 0.5) is 0 Å². The van der Waals surface area contributed by atoms with E-state index in [4.69, 9.17) is 4.74 Å². The van der Waals surface area contributed by atoms with Crippen LogP contribution in [0.3, 0.4) is 0 Å².